The van der Waals surface area contributed by atoms with Crippen LogP contribution in [0.4, 0.5) is 17.8 Å². The van der Waals surface area contributed by atoms with Crippen molar-refractivity contribution in [2.45, 2.75) is 13.0 Å². The van der Waals surface area contributed by atoms with Crippen molar-refractivity contribution in [3.05, 3.63) is 0 Å². The maximum atomic E-state index is 10.9. The van der Waals surface area contributed by atoms with Crippen molar-refractivity contribution in [1.82, 2.24) is 15.0 Å². The Hall–Kier alpha value is -2.12. The second kappa shape index (κ2) is 5.28. The maximum absolute atomic E-state index is 10.9. The first-order valence-corrected chi connectivity index (χ1v) is 5.11. The summed E-state index contributed by atoms with van der Waals surface area (Å²) in [5.74, 6) is 0.744. The number of nitrogens with two attached hydrogens (primary N) is 1. The minimum absolute atomic E-state index is 0.305. The van der Waals surface area contributed by atoms with E-state index in [2.05, 4.69) is 25.6 Å². The summed E-state index contributed by atoms with van der Waals surface area (Å²) in [4.78, 5) is 25.0. The van der Waals surface area contributed by atoms with Gasteiger partial charge in [-0.25, -0.2) is 0 Å². The van der Waals surface area contributed by atoms with E-state index < -0.39 is 11.9 Å². The summed E-state index contributed by atoms with van der Waals surface area (Å²) in [6.45, 7) is 1.64. The van der Waals surface area contributed by atoms with Crippen LogP contribution in [0.1, 0.15) is 6.92 Å². The highest BCUT2D eigenvalue weighted by atomic mass is 16.1. The van der Waals surface area contributed by atoms with Crippen LogP contribution in [-0.2, 0) is 4.79 Å². The molecule has 0 aliphatic carbocycles. The zero-order valence-electron chi connectivity index (χ0n) is 10.4. The van der Waals surface area contributed by atoms with Gasteiger partial charge in [0.25, 0.3) is 0 Å². The fourth-order valence-corrected chi connectivity index (χ4v) is 1.01. The van der Waals surface area contributed by atoms with Crippen LogP contribution in [0.5, 0.6) is 0 Å². The van der Waals surface area contributed by atoms with E-state index in [4.69, 9.17) is 5.73 Å². The normalized spacial score (nSPS) is 11.8. The number of aromatic nitrogens is 3. The van der Waals surface area contributed by atoms with Crippen LogP contribution in [0.25, 0.3) is 0 Å². The average molecular weight is 239 g/mol. The van der Waals surface area contributed by atoms with Crippen molar-refractivity contribution in [1.29, 1.82) is 0 Å². The van der Waals surface area contributed by atoms with Gasteiger partial charge >= 0.3 is 0 Å². The lowest BCUT2D eigenvalue weighted by Crippen LogP contribution is -2.33. The highest BCUT2D eigenvalue weighted by Crippen LogP contribution is 2.11. The van der Waals surface area contributed by atoms with Crippen molar-refractivity contribution >= 4 is 23.8 Å². The number of rotatable bonds is 5. The molecule has 0 fully saturated rings. The molecule has 0 aliphatic rings. The van der Waals surface area contributed by atoms with E-state index in [9.17, 15) is 4.79 Å². The van der Waals surface area contributed by atoms with E-state index in [1.54, 1.807) is 18.9 Å². The Kier molecular flexibility index (Phi) is 4.02. The Morgan fingerprint density at radius 1 is 1.29 bits per heavy atom. The van der Waals surface area contributed by atoms with E-state index in [1.165, 1.54) is 0 Å². The van der Waals surface area contributed by atoms with Gasteiger partial charge in [0.15, 0.2) is 0 Å². The zero-order valence-corrected chi connectivity index (χ0v) is 10.4. The van der Waals surface area contributed by atoms with Crippen LogP contribution >= 0.6 is 0 Å². The molecule has 1 amide bonds. The van der Waals surface area contributed by atoms with Crippen molar-refractivity contribution in [3.8, 4) is 0 Å². The minimum Gasteiger partial charge on any atom is -0.368 e. The van der Waals surface area contributed by atoms with Crippen LogP contribution in [0, 0.1) is 0 Å². The van der Waals surface area contributed by atoms with Crippen LogP contribution in [0.15, 0.2) is 0 Å². The standard InChI is InChI=1S/C9H17N7O/c1-5(6(10)17)12-8-13-7(11-2)14-9(15-8)16(3)4/h5H,1-4H3,(H2,10,17)(H2,11,12,13,14,15). The monoisotopic (exact) mass is 239 g/mol. The lowest BCUT2D eigenvalue weighted by molar-refractivity contribution is -0.118. The summed E-state index contributed by atoms with van der Waals surface area (Å²) in [6, 6.07) is -0.544. The van der Waals surface area contributed by atoms with E-state index in [1.807, 2.05) is 14.1 Å². The maximum Gasteiger partial charge on any atom is 0.239 e. The first kappa shape index (κ1) is 12.9. The smallest absolute Gasteiger partial charge is 0.239 e. The molecule has 1 rings (SSSR count). The zero-order chi connectivity index (χ0) is 13.0. The van der Waals surface area contributed by atoms with Gasteiger partial charge in [-0.2, -0.15) is 15.0 Å². The fraction of sp³-hybridized carbons (Fsp3) is 0.556. The lowest BCUT2D eigenvalue weighted by Gasteiger charge is -2.14. The summed E-state index contributed by atoms with van der Waals surface area (Å²) in [6.07, 6.45) is 0. The molecule has 4 N–H and O–H groups in total. The van der Waals surface area contributed by atoms with Gasteiger partial charge in [-0.05, 0) is 6.92 Å². The quantitative estimate of drug-likeness (QED) is 0.621. The Balaban J connectivity index is 2.98. The molecule has 94 valence electrons. The molecule has 8 heteroatoms. The summed E-state index contributed by atoms with van der Waals surface area (Å²) in [5, 5.41) is 5.63. The molecule has 0 saturated carbocycles. The SMILES string of the molecule is CNc1nc(NC(C)C(N)=O)nc(N(C)C)n1. The van der Waals surface area contributed by atoms with Crippen molar-refractivity contribution < 1.29 is 4.79 Å². The van der Waals surface area contributed by atoms with Gasteiger partial charge in [-0.3, -0.25) is 4.79 Å². The van der Waals surface area contributed by atoms with Crippen molar-refractivity contribution in [2.24, 2.45) is 5.73 Å². The van der Waals surface area contributed by atoms with Crippen LogP contribution in [-0.4, -0.2) is 48.0 Å². The molecule has 0 radical (unpaired) electrons. The number of hydrogen-bond acceptors (Lipinski definition) is 7. The van der Waals surface area contributed by atoms with Crippen LogP contribution in [0.2, 0.25) is 0 Å². The third-order valence-corrected chi connectivity index (χ3v) is 2.02. The van der Waals surface area contributed by atoms with Crippen LogP contribution in [0.3, 0.4) is 0 Å². The van der Waals surface area contributed by atoms with Crippen molar-refractivity contribution in [3.63, 3.8) is 0 Å². The number of nitrogens with zero attached hydrogens (tertiary/aromatic N) is 4. The molecule has 0 saturated heterocycles. The molecule has 0 spiro atoms. The number of amides is 1. The Morgan fingerprint density at radius 3 is 2.35 bits per heavy atom. The predicted octanol–water partition coefficient (Wildman–Crippen LogP) is -0.735. The number of nitrogens with one attached hydrogen (secondary N) is 2. The van der Waals surface area contributed by atoms with E-state index in [0.29, 0.717) is 17.8 Å². The first-order chi connectivity index (χ1) is 7.93. The summed E-state index contributed by atoms with van der Waals surface area (Å²) < 4.78 is 0. The van der Waals surface area contributed by atoms with Gasteiger partial charge in [-0.1, -0.05) is 0 Å². The Bertz CT molecular complexity index is 406. The molecule has 1 unspecified atom stereocenters. The first-order valence-electron chi connectivity index (χ1n) is 5.11. The Morgan fingerprint density at radius 2 is 1.88 bits per heavy atom. The second-order valence-corrected chi connectivity index (χ2v) is 3.70. The summed E-state index contributed by atoms with van der Waals surface area (Å²) in [7, 11) is 5.34. The topological polar surface area (TPSA) is 109 Å². The highest BCUT2D eigenvalue weighted by Gasteiger charge is 2.12. The van der Waals surface area contributed by atoms with E-state index in [0.717, 1.165) is 0 Å². The number of carbonyl (C=O) groups excluding carboxylic acids is 1. The second-order valence-electron chi connectivity index (χ2n) is 3.70. The number of primary amides is 1. The molecule has 0 bridgehead atoms. The third kappa shape index (κ3) is 3.44. The Labute approximate surface area is 99.6 Å². The van der Waals surface area contributed by atoms with Gasteiger partial charge < -0.3 is 21.3 Å². The average Bonchev–Trinajstić information content (AvgIpc) is 2.28. The van der Waals surface area contributed by atoms with Crippen molar-refractivity contribution in [2.75, 3.05) is 36.7 Å². The molecule has 17 heavy (non-hydrogen) atoms. The lowest BCUT2D eigenvalue weighted by atomic mass is 10.3. The molecular formula is C9H17N7O. The summed E-state index contributed by atoms with van der Waals surface area (Å²) >= 11 is 0. The molecule has 1 aromatic heterocycles. The van der Waals surface area contributed by atoms with Crippen LogP contribution < -0.4 is 21.3 Å². The molecular weight excluding hydrogens is 222 g/mol. The number of hydrogen-bond donors (Lipinski definition) is 3. The minimum atomic E-state index is -0.544. The van der Waals surface area contributed by atoms with Gasteiger partial charge in [0.2, 0.25) is 23.8 Å². The largest absolute Gasteiger partial charge is 0.368 e. The molecule has 1 heterocycles. The van der Waals surface area contributed by atoms with Gasteiger partial charge in [0.05, 0.1) is 0 Å². The molecule has 1 aromatic rings. The molecule has 1 atom stereocenters. The molecule has 0 aliphatic heterocycles. The number of carbonyl (C=O) groups is 1. The number of anilines is 3. The third-order valence-electron chi connectivity index (χ3n) is 2.02. The van der Waals surface area contributed by atoms with E-state index >= 15 is 0 Å². The van der Waals surface area contributed by atoms with E-state index in [-0.39, 0.29) is 0 Å². The van der Waals surface area contributed by atoms with Gasteiger partial charge in [-0.15, -0.1) is 0 Å². The molecule has 0 aromatic carbocycles. The predicted molar refractivity (Wildman–Crippen MR) is 66.0 cm³/mol. The molecule has 8 nitrogen and oxygen atoms in total. The summed E-state index contributed by atoms with van der Waals surface area (Å²) in [5.41, 5.74) is 5.15. The fourth-order valence-electron chi connectivity index (χ4n) is 1.01. The highest BCUT2D eigenvalue weighted by molar-refractivity contribution is 5.81. The van der Waals surface area contributed by atoms with Gasteiger partial charge in [0.1, 0.15) is 6.04 Å². The van der Waals surface area contributed by atoms with Gasteiger partial charge in [0, 0.05) is 21.1 Å².